The van der Waals surface area contributed by atoms with Gasteiger partial charge in [-0.1, -0.05) is 0 Å². The van der Waals surface area contributed by atoms with Crippen LogP contribution < -0.4 is 4.90 Å². The van der Waals surface area contributed by atoms with Crippen molar-refractivity contribution in [3.05, 3.63) is 12.0 Å². The van der Waals surface area contributed by atoms with Gasteiger partial charge < -0.3 is 14.2 Å². The summed E-state index contributed by atoms with van der Waals surface area (Å²) in [5.74, 6) is 0.412. The third kappa shape index (κ3) is 2.50. The Bertz CT molecular complexity index is 340. The van der Waals surface area contributed by atoms with Crippen LogP contribution >= 0.6 is 11.6 Å². The number of alkyl halides is 1. The third-order valence-corrected chi connectivity index (χ3v) is 3.15. The van der Waals surface area contributed by atoms with Crippen LogP contribution in [0.1, 0.15) is 18.5 Å². The number of hydrogen-bond donors (Lipinski definition) is 0. The van der Waals surface area contributed by atoms with Crippen molar-refractivity contribution in [2.24, 2.45) is 0 Å². The molecule has 1 aliphatic heterocycles. The predicted octanol–water partition coefficient (Wildman–Crippen LogP) is 1.94. The fourth-order valence-corrected chi connectivity index (χ4v) is 2.31. The fourth-order valence-electron chi connectivity index (χ4n) is 2.19. The average molecular weight is 244 g/mol. The standard InChI is InChI=1S/C11H18ClN3O/c1-14(2)7-10-4-3-5-15(10)11-13-9(6-12)8-16-11/h8,10H,3-7H2,1-2H3. The molecule has 90 valence electrons. The summed E-state index contributed by atoms with van der Waals surface area (Å²) < 4.78 is 5.46. The normalized spacial score (nSPS) is 21.0. The quantitative estimate of drug-likeness (QED) is 0.757. The summed E-state index contributed by atoms with van der Waals surface area (Å²) in [7, 11) is 4.19. The maximum absolute atomic E-state index is 5.72. The molecule has 0 aliphatic carbocycles. The monoisotopic (exact) mass is 243 g/mol. The maximum atomic E-state index is 5.72. The Labute approximate surface area is 101 Å². The lowest BCUT2D eigenvalue weighted by Gasteiger charge is -2.25. The van der Waals surface area contributed by atoms with E-state index in [2.05, 4.69) is 28.9 Å². The molecule has 0 radical (unpaired) electrons. The second-order valence-electron chi connectivity index (χ2n) is 4.51. The summed E-state index contributed by atoms with van der Waals surface area (Å²) in [6.07, 6.45) is 4.06. The molecule has 0 spiro atoms. The van der Waals surface area contributed by atoms with E-state index in [0.29, 0.717) is 11.9 Å². The van der Waals surface area contributed by atoms with Crippen LogP contribution in [0, 0.1) is 0 Å². The van der Waals surface area contributed by atoms with Crippen LogP contribution in [0.5, 0.6) is 0 Å². The van der Waals surface area contributed by atoms with Gasteiger partial charge in [0.15, 0.2) is 0 Å². The lowest BCUT2D eigenvalue weighted by atomic mass is 10.2. The van der Waals surface area contributed by atoms with Gasteiger partial charge in [0.05, 0.1) is 11.6 Å². The Kier molecular flexibility index (Phi) is 3.71. The van der Waals surface area contributed by atoms with Crippen LogP contribution in [0.3, 0.4) is 0 Å². The topological polar surface area (TPSA) is 32.5 Å². The van der Waals surface area contributed by atoms with Gasteiger partial charge in [0.2, 0.25) is 0 Å². The van der Waals surface area contributed by atoms with Crippen LogP contribution in [-0.4, -0.2) is 43.1 Å². The minimum absolute atomic E-state index is 0.412. The summed E-state index contributed by atoms with van der Waals surface area (Å²) in [5.41, 5.74) is 0.812. The molecule has 1 aromatic heterocycles. The van der Waals surface area contributed by atoms with Gasteiger partial charge in [0.1, 0.15) is 6.26 Å². The van der Waals surface area contributed by atoms with Crippen LogP contribution in [-0.2, 0) is 5.88 Å². The number of likely N-dealkylation sites (N-methyl/N-ethyl adjacent to an activating group) is 1. The highest BCUT2D eigenvalue weighted by molar-refractivity contribution is 6.16. The van der Waals surface area contributed by atoms with Gasteiger partial charge in [0, 0.05) is 19.1 Å². The van der Waals surface area contributed by atoms with E-state index in [4.69, 9.17) is 16.0 Å². The van der Waals surface area contributed by atoms with E-state index >= 15 is 0 Å². The highest BCUT2D eigenvalue weighted by Crippen LogP contribution is 2.25. The van der Waals surface area contributed by atoms with Gasteiger partial charge in [-0.25, -0.2) is 0 Å². The van der Waals surface area contributed by atoms with Gasteiger partial charge in [-0.15, -0.1) is 11.6 Å². The first-order valence-electron chi connectivity index (χ1n) is 5.62. The van der Waals surface area contributed by atoms with E-state index in [0.717, 1.165) is 24.8 Å². The first-order chi connectivity index (χ1) is 7.70. The van der Waals surface area contributed by atoms with Crippen LogP contribution in [0.2, 0.25) is 0 Å². The summed E-state index contributed by atoms with van der Waals surface area (Å²) in [6, 6.07) is 1.23. The van der Waals surface area contributed by atoms with Crippen LogP contribution in [0.25, 0.3) is 0 Å². The van der Waals surface area contributed by atoms with Crippen LogP contribution in [0.4, 0.5) is 6.01 Å². The summed E-state index contributed by atoms with van der Waals surface area (Å²) in [4.78, 5) is 8.83. The van der Waals surface area contributed by atoms with Gasteiger partial charge in [0.25, 0.3) is 6.01 Å². The Balaban J connectivity index is 2.07. The molecule has 1 saturated heterocycles. The van der Waals surface area contributed by atoms with Crippen molar-refractivity contribution in [3.8, 4) is 0 Å². The van der Waals surface area contributed by atoms with Crippen molar-refractivity contribution in [1.29, 1.82) is 0 Å². The van der Waals surface area contributed by atoms with Crippen molar-refractivity contribution in [1.82, 2.24) is 9.88 Å². The fraction of sp³-hybridized carbons (Fsp3) is 0.727. The minimum atomic E-state index is 0.412. The van der Waals surface area contributed by atoms with E-state index in [9.17, 15) is 0 Å². The van der Waals surface area contributed by atoms with E-state index < -0.39 is 0 Å². The van der Waals surface area contributed by atoms with Gasteiger partial charge in [-0.05, 0) is 26.9 Å². The van der Waals surface area contributed by atoms with Crippen LogP contribution in [0.15, 0.2) is 10.7 Å². The number of anilines is 1. The highest BCUT2D eigenvalue weighted by Gasteiger charge is 2.28. The smallest absolute Gasteiger partial charge is 0.297 e. The molecular weight excluding hydrogens is 226 g/mol. The van der Waals surface area contributed by atoms with Crippen molar-refractivity contribution in [3.63, 3.8) is 0 Å². The van der Waals surface area contributed by atoms with Gasteiger partial charge in [-0.2, -0.15) is 4.98 Å². The molecule has 0 bridgehead atoms. The molecule has 1 unspecified atom stereocenters. The molecule has 1 atom stereocenters. The van der Waals surface area contributed by atoms with E-state index in [1.807, 2.05) is 0 Å². The average Bonchev–Trinajstić information content (AvgIpc) is 2.84. The molecule has 0 aromatic carbocycles. The molecule has 2 heterocycles. The molecule has 0 N–H and O–H groups in total. The largest absolute Gasteiger partial charge is 0.432 e. The lowest BCUT2D eigenvalue weighted by Crippen LogP contribution is -2.37. The van der Waals surface area contributed by atoms with Crippen molar-refractivity contribution >= 4 is 17.6 Å². The lowest BCUT2D eigenvalue weighted by molar-refractivity contribution is 0.365. The minimum Gasteiger partial charge on any atom is -0.432 e. The van der Waals surface area contributed by atoms with Gasteiger partial charge in [-0.3, -0.25) is 0 Å². The van der Waals surface area contributed by atoms with Crippen molar-refractivity contribution < 1.29 is 4.42 Å². The maximum Gasteiger partial charge on any atom is 0.297 e. The zero-order valence-corrected chi connectivity index (χ0v) is 10.6. The van der Waals surface area contributed by atoms with Crippen molar-refractivity contribution in [2.45, 2.75) is 24.8 Å². The number of oxazole rings is 1. The Morgan fingerprint density at radius 3 is 3.06 bits per heavy atom. The highest BCUT2D eigenvalue weighted by atomic mass is 35.5. The molecule has 1 aromatic rings. The van der Waals surface area contributed by atoms with E-state index in [1.165, 1.54) is 12.8 Å². The SMILES string of the molecule is CN(C)CC1CCCN1c1nc(CCl)co1. The predicted molar refractivity (Wildman–Crippen MR) is 65.0 cm³/mol. The first-order valence-corrected chi connectivity index (χ1v) is 6.16. The number of hydrogen-bond acceptors (Lipinski definition) is 4. The number of halogens is 1. The van der Waals surface area contributed by atoms with Crippen molar-refractivity contribution in [2.75, 3.05) is 32.1 Å². The molecule has 0 amide bonds. The molecular formula is C11H18ClN3O. The van der Waals surface area contributed by atoms with E-state index in [-0.39, 0.29) is 0 Å². The molecule has 5 heteroatoms. The Morgan fingerprint density at radius 2 is 2.44 bits per heavy atom. The van der Waals surface area contributed by atoms with Gasteiger partial charge >= 0.3 is 0 Å². The summed E-state index contributed by atoms with van der Waals surface area (Å²) >= 11 is 5.72. The Morgan fingerprint density at radius 1 is 1.62 bits per heavy atom. The molecule has 4 nitrogen and oxygen atoms in total. The second kappa shape index (κ2) is 5.06. The Hall–Kier alpha value is -0.740. The summed E-state index contributed by atoms with van der Waals surface area (Å²) in [5, 5.41) is 0. The molecule has 0 saturated carbocycles. The molecule has 16 heavy (non-hydrogen) atoms. The number of aromatic nitrogens is 1. The van der Waals surface area contributed by atoms with E-state index in [1.54, 1.807) is 6.26 Å². The molecule has 1 aliphatic rings. The molecule has 1 fully saturated rings. The number of nitrogens with zero attached hydrogens (tertiary/aromatic N) is 3. The summed E-state index contributed by atoms with van der Waals surface area (Å²) in [6.45, 7) is 2.07. The number of rotatable bonds is 4. The third-order valence-electron chi connectivity index (χ3n) is 2.88. The zero-order valence-electron chi connectivity index (χ0n) is 9.82. The second-order valence-corrected chi connectivity index (χ2v) is 4.77. The zero-order chi connectivity index (χ0) is 11.5. The first kappa shape index (κ1) is 11.7. The molecule has 2 rings (SSSR count).